The van der Waals surface area contributed by atoms with Crippen LogP contribution in [-0.2, 0) is 4.79 Å². The van der Waals surface area contributed by atoms with Crippen molar-refractivity contribution >= 4 is 29.3 Å². The molecule has 4 aliphatic rings. The van der Waals surface area contributed by atoms with E-state index in [-0.39, 0.29) is 28.9 Å². The number of aliphatic hydroxyl groups is 2. The van der Waals surface area contributed by atoms with Crippen molar-refractivity contribution in [3.8, 4) is 0 Å². The zero-order valence-corrected chi connectivity index (χ0v) is 25.1. The largest absolute Gasteiger partial charge is 0.393 e. The predicted octanol–water partition coefficient (Wildman–Crippen LogP) is 6.96. The monoisotopic (exact) mass is 561 g/mol. The summed E-state index contributed by atoms with van der Waals surface area (Å²) in [4.78, 5) is 13.8. The third-order valence-corrected chi connectivity index (χ3v) is 13.1. The summed E-state index contributed by atoms with van der Waals surface area (Å²) in [5.41, 5.74) is 0.238. The first-order valence-corrected chi connectivity index (χ1v) is 16.5. The summed E-state index contributed by atoms with van der Waals surface area (Å²) in [6.45, 7) is 7.86. The highest BCUT2D eigenvalue weighted by Crippen LogP contribution is 2.68. The molecule has 4 aliphatic carbocycles. The molecular weight excluding hydrogens is 514 g/mol. The number of thioether (sulfide) groups is 1. The molecule has 0 saturated heterocycles. The Kier molecular flexibility index (Phi) is 8.80. The highest BCUT2D eigenvalue weighted by Gasteiger charge is 2.63. The number of amides is 1. The minimum Gasteiger partial charge on any atom is -0.393 e. The average Bonchev–Trinajstić information content (AvgIpc) is 3.26. The molecule has 0 spiro atoms. The molecule has 0 radical (unpaired) electrons. The molecule has 1 aromatic carbocycles. The normalized spacial score (nSPS) is 41.1. The van der Waals surface area contributed by atoms with Crippen LogP contribution < -0.4 is 5.32 Å². The standard InChI is InChI=1S/C32H48ClNO3S/c1-20(4-13-30(37)34-16-17-38-24-8-6-22(33)7-9-24)26-11-12-27-25-10-5-21-18-23(35)14-15-31(21,2)28(25)19-29(36)32(26,27)3/h6-9,20-21,23,25-29,35-36H,4-5,10-19H2,1-3H3,(H,34,37). The van der Waals surface area contributed by atoms with Crippen LogP contribution in [0.15, 0.2) is 29.2 Å². The lowest BCUT2D eigenvalue weighted by Crippen LogP contribution is -2.58. The minimum absolute atomic E-state index is 0.0380. The summed E-state index contributed by atoms with van der Waals surface area (Å²) in [7, 11) is 0. The highest BCUT2D eigenvalue weighted by atomic mass is 35.5. The van der Waals surface area contributed by atoms with E-state index in [4.69, 9.17) is 11.6 Å². The van der Waals surface area contributed by atoms with E-state index in [1.54, 1.807) is 11.8 Å². The molecule has 1 aromatic rings. The summed E-state index contributed by atoms with van der Waals surface area (Å²) >= 11 is 7.68. The number of hydrogen-bond acceptors (Lipinski definition) is 4. The van der Waals surface area contributed by atoms with E-state index in [0.717, 1.165) is 47.8 Å². The van der Waals surface area contributed by atoms with Gasteiger partial charge in [-0.1, -0.05) is 32.4 Å². The van der Waals surface area contributed by atoms with Gasteiger partial charge in [-0.25, -0.2) is 0 Å². The molecule has 3 N–H and O–H groups in total. The van der Waals surface area contributed by atoms with E-state index in [0.29, 0.717) is 48.5 Å². The highest BCUT2D eigenvalue weighted by molar-refractivity contribution is 7.99. The average molecular weight is 562 g/mol. The van der Waals surface area contributed by atoms with Crippen molar-refractivity contribution in [2.45, 2.75) is 102 Å². The lowest BCUT2D eigenvalue weighted by molar-refractivity contribution is -0.174. The summed E-state index contributed by atoms with van der Waals surface area (Å²) in [5, 5.41) is 25.9. The van der Waals surface area contributed by atoms with Crippen molar-refractivity contribution in [1.29, 1.82) is 0 Å². The fraction of sp³-hybridized carbons (Fsp3) is 0.781. The molecule has 0 heterocycles. The van der Waals surface area contributed by atoms with Crippen molar-refractivity contribution in [1.82, 2.24) is 5.32 Å². The van der Waals surface area contributed by atoms with E-state index in [2.05, 4.69) is 26.1 Å². The van der Waals surface area contributed by atoms with Crippen molar-refractivity contribution in [3.63, 3.8) is 0 Å². The molecule has 4 nitrogen and oxygen atoms in total. The summed E-state index contributed by atoms with van der Waals surface area (Å²) in [6, 6.07) is 7.82. The van der Waals surface area contributed by atoms with Crippen LogP contribution in [0.3, 0.4) is 0 Å². The van der Waals surface area contributed by atoms with Crippen LogP contribution >= 0.6 is 23.4 Å². The van der Waals surface area contributed by atoms with E-state index in [9.17, 15) is 15.0 Å². The maximum atomic E-state index is 12.6. The molecular formula is C32H48ClNO3S. The first-order valence-electron chi connectivity index (χ1n) is 15.1. The van der Waals surface area contributed by atoms with Crippen LogP contribution in [0.1, 0.15) is 85.0 Å². The number of fused-ring (bicyclic) bond motifs is 5. The quantitative estimate of drug-likeness (QED) is 0.237. The Bertz CT molecular complexity index is 974. The van der Waals surface area contributed by atoms with Crippen molar-refractivity contribution in [2.24, 2.45) is 46.3 Å². The summed E-state index contributed by atoms with van der Waals surface area (Å²) in [6.07, 6.45) is 9.91. The molecule has 0 bridgehead atoms. The Labute approximate surface area is 239 Å². The number of nitrogens with one attached hydrogen (secondary N) is 1. The van der Waals surface area contributed by atoms with Crippen LogP contribution in [0.2, 0.25) is 5.02 Å². The van der Waals surface area contributed by atoms with Crippen LogP contribution in [0.5, 0.6) is 0 Å². The first-order chi connectivity index (χ1) is 18.1. The van der Waals surface area contributed by atoms with Gasteiger partial charge in [-0.3, -0.25) is 4.79 Å². The zero-order valence-electron chi connectivity index (χ0n) is 23.5. The molecule has 10 unspecified atom stereocenters. The van der Waals surface area contributed by atoms with Gasteiger partial charge in [0.2, 0.25) is 5.91 Å². The zero-order chi connectivity index (χ0) is 27.1. The Balaban J connectivity index is 1.13. The first kappa shape index (κ1) is 28.8. The van der Waals surface area contributed by atoms with Gasteiger partial charge in [0.1, 0.15) is 0 Å². The number of rotatable bonds is 8. The maximum Gasteiger partial charge on any atom is 0.220 e. The Morgan fingerprint density at radius 3 is 2.61 bits per heavy atom. The predicted molar refractivity (Wildman–Crippen MR) is 156 cm³/mol. The van der Waals surface area contributed by atoms with Crippen LogP contribution in [0, 0.1) is 46.3 Å². The Morgan fingerprint density at radius 1 is 1.08 bits per heavy atom. The smallest absolute Gasteiger partial charge is 0.220 e. The second kappa shape index (κ2) is 11.6. The van der Waals surface area contributed by atoms with Gasteiger partial charge < -0.3 is 15.5 Å². The van der Waals surface area contributed by atoms with E-state index in [1.807, 2.05) is 24.3 Å². The molecule has 4 fully saturated rings. The second-order valence-corrected chi connectivity index (χ2v) is 15.2. The molecule has 0 aliphatic heterocycles. The van der Waals surface area contributed by atoms with Gasteiger partial charge >= 0.3 is 0 Å². The Hall–Kier alpha value is -0.750. The number of hydrogen-bond donors (Lipinski definition) is 3. The molecule has 4 saturated carbocycles. The number of halogens is 1. The topological polar surface area (TPSA) is 69.6 Å². The Morgan fingerprint density at radius 2 is 1.84 bits per heavy atom. The van der Waals surface area contributed by atoms with Gasteiger partial charge in [-0.2, -0.15) is 0 Å². The van der Waals surface area contributed by atoms with Crippen LogP contribution in [0.4, 0.5) is 0 Å². The minimum atomic E-state index is -0.259. The van der Waals surface area contributed by atoms with E-state index < -0.39 is 0 Å². The molecule has 6 heteroatoms. The number of benzene rings is 1. The van der Waals surface area contributed by atoms with Crippen LogP contribution in [-0.4, -0.2) is 40.6 Å². The molecule has 38 heavy (non-hydrogen) atoms. The molecule has 10 atom stereocenters. The van der Waals surface area contributed by atoms with Gasteiger partial charge in [0.25, 0.3) is 0 Å². The molecule has 212 valence electrons. The third kappa shape index (κ3) is 5.43. The van der Waals surface area contributed by atoms with Crippen molar-refractivity contribution < 1.29 is 15.0 Å². The van der Waals surface area contributed by atoms with Gasteiger partial charge in [0, 0.05) is 28.6 Å². The van der Waals surface area contributed by atoms with E-state index >= 15 is 0 Å². The fourth-order valence-electron chi connectivity index (χ4n) is 9.70. The number of carbonyl (C=O) groups excluding carboxylic acids is 1. The number of carbonyl (C=O) groups is 1. The third-order valence-electron chi connectivity index (χ3n) is 11.8. The molecule has 5 rings (SSSR count). The molecule has 0 aromatic heterocycles. The van der Waals surface area contributed by atoms with E-state index in [1.165, 1.54) is 25.7 Å². The summed E-state index contributed by atoms with van der Waals surface area (Å²) < 4.78 is 0. The van der Waals surface area contributed by atoms with Gasteiger partial charge in [0.15, 0.2) is 0 Å². The van der Waals surface area contributed by atoms with Crippen LogP contribution in [0.25, 0.3) is 0 Å². The van der Waals surface area contributed by atoms with Crippen molar-refractivity contribution in [3.05, 3.63) is 29.3 Å². The lowest BCUT2D eigenvalue weighted by Gasteiger charge is -2.62. The number of aliphatic hydroxyl groups excluding tert-OH is 2. The molecule has 1 amide bonds. The van der Waals surface area contributed by atoms with Gasteiger partial charge in [-0.15, -0.1) is 11.8 Å². The maximum absolute atomic E-state index is 12.6. The lowest BCUT2D eigenvalue weighted by atomic mass is 9.43. The van der Waals surface area contributed by atoms with Gasteiger partial charge in [-0.05, 0) is 128 Å². The summed E-state index contributed by atoms with van der Waals surface area (Å²) in [5.74, 6) is 4.40. The second-order valence-electron chi connectivity index (χ2n) is 13.6. The van der Waals surface area contributed by atoms with Gasteiger partial charge in [0.05, 0.1) is 12.2 Å². The van der Waals surface area contributed by atoms with Crippen molar-refractivity contribution in [2.75, 3.05) is 12.3 Å². The fourth-order valence-corrected chi connectivity index (χ4v) is 10.6. The SMILES string of the molecule is CC(CCC(=O)NCCSc1ccc(Cl)cc1)C1CCC2C3CCC4CC(O)CCC4(C)C3CC(O)C12C.